The summed E-state index contributed by atoms with van der Waals surface area (Å²) in [7, 11) is 10.8. The lowest BCUT2D eigenvalue weighted by Crippen LogP contribution is -2.54. The van der Waals surface area contributed by atoms with Gasteiger partial charge < -0.3 is 56.8 Å². The number of carbonyl (C=O) groups excluding carboxylic acids is 8. The monoisotopic (exact) mass is 1300 g/mol. The maximum atomic E-state index is 13.3. The molecule has 4 fully saturated rings. The van der Waals surface area contributed by atoms with Gasteiger partial charge >= 0.3 is 48.5 Å². The lowest BCUT2D eigenvalue weighted by Gasteiger charge is -2.60. The maximum Gasteiger partial charge on any atom is 0.550 e. The van der Waals surface area contributed by atoms with Crippen LogP contribution in [0, 0.1) is 29.1 Å². The van der Waals surface area contributed by atoms with Gasteiger partial charge in [0.15, 0.2) is 0 Å². The summed E-state index contributed by atoms with van der Waals surface area (Å²) >= 11 is 0. The Morgan fingerprint density at radius 3 is 0.570 bits per heavy atom. The molecule has 4 saturated carbocycles. The first-order valence-corrected chi connectivity index (χ1v) is 30.3. The first kappa shape index (κ1) is 69.1. The Bertz CT molecular complexity index is 2720. The van der Waals surface area contributed by atoms with Crippen LogP contribution in [0.3, 0.4) is 0 Å². The van der Waals surface area contributed by atoms with Gasteiger partial charge in [0.25, 0.3) is 0 Å². The Labute approximate surface area is 535 Å². The van der Waals surface area contributed by atoms with E-state index in [1.165, 1.54) is 105 Å². The second-order valence-electron chi connectivity index (χ2n) is 22.3. The Hall–Kier alpha value is -9.76. The molecule has 0 heterocycles. The highest BCUT2D eigenvalue weighted by Crippen LogP contribution is 2.63. The summed E-state index contributed by atoms with van der Waals surface area (Å²) in [5.41, 5.74) is -0.965. The van der Waals surface area contributed by atoms with Crippen LogP contribution in [-0.2, 0) is 58.0 Å². The molecule has 0 N–H and O–H groups in total. The average molecular weight is 1310 g/mol. The molecule has 0 amide bonds. The number of carbonyl (C=O) groups is 8. The minimum Gasteiger partial charge on any atom is -0.496 e. The quantitative estimate of drug-likeness (QED) is 0.0343. The van der Waals surface area contributed by atoms with Gasteiger partial charge in [-0.05, 0) is 180 Å². The lowest BCUT2D eigenvalue weighted by atomic mass is 9.45. The first-order chi connectivity index (χ1) is 45.0. The molecule has 4 aliphatic carbocycles. The lowest BCUT2D eigenvalue weighted by molar-refractivity contribution is -0.213. The molecule has 0 radical (unpaired) electrons. The third-order valence-electron chi connectivity index (χ3n) is 17.8. The van der Waals surface area contributed by atoms with E-state index in [2.05, 4.69) is 0 Å². The van der Waals surface area contributed by atoms with Crippen LogP contribution in [0.1, 0.15) is 144 Å². The van der Waals surface area contributed by atoms with Gasteiger partial charge in [-0.1, -0.05) is 24.3 Å². The summed E-state index contributed by atoms with van der Waals surface area (Å²) in [6, 6.07) is 18.5. The van der Waals surface area contributed by atoms with E-state index in [0.29, 0.717) is 103 Å². The summed E-state index contributed by atoms with van der Waals surface area (Å²) < 4.78 is 65.5. The molecule has 28 nitrogen and oxygen atoms in total. The number of ether oxygens (including phenoxy) is 12. The largest absolute Gasteiger partial charge is 0.550 e. The number of rotatable bonds is 20. The number of methoxy groups -OCH3 is 8. The van der Waals surface area contributed by atoms with Crippen molar-refractivity contribution in [2.45, 2.75) is 127 Å². The molecular weight excluding hydrogens is 1230 g/mol. The van der Waals surface area contributed by atoms with E-state index in [0.717, 1.165) is 0 Å². The summed E-state index contributed by atoms with van der Waals surface area (Å²) in [5, 5.41) is 0. The van der Waals surface area contributed by atoms with Crippen molar-refractivity contribution in [3.05, 3.63) is 95.1 Å². The molecule has 4 aliphatic rings. The highest BCUT2D eigenvalue weighted by atomic mass is 17.3. The van der Waals surface area contributed by atoms with Crippen molar-refractivity contribution < 1.29 is 134 Å². The van der Waals surface area contributed by atoms with Crippen LogP contribution < -0.4 is 37.9 Å². The van der Waals surface area contributed by atoms with Crippen LogP contribution in [0.5, 0.6) is 46.0 Å². The summed E-state index contributed by atoms with van der Waals surface area (Å²) in [5.74, 6) is -3.44. The highest BCUT2D eigenvalue weighted by molar-refractivity contribution is 5.97. The zero-order chi connectivity index (χ0) is 66.6. The van der Waals surface area contributed by atoms with E-state index in [1.807, 2.05) is 0 Å². The Balaban J connectivity index is 1.00. The fourth-order valence-electron chi connectivity index (χ4n) is 14.0. The molecule has 8 rings (SSSR count). The summed E-state index contributed by atoms with van der Waals surface area (Å²) in [4.78, 5) is 145. The van der Waals surface area contributed by atoms with Crippen molar-refractivity contribution in [2.75, 3.05) is 56.9 Å². The smallest absolute Gasteiger partial charge is 0.496 e. The zero-order valence-electron chi connectivity index (χ0n) is 52.8. The van der Waals surface area contributed by atoms with E-state index >= 15 is 0 Å². The average Bonchev–Trinajstić information content (AvgIpc) is 0.797. The minimum atomic E-state index is -1.24. The maximum absolute atomic E-state index is 13.3. The van der Waals surface area contributed by atoms with Gasteiger partial charge in [0.2, 0.25) is 0 Å². The molecule has 504 valence electrons. The second-order valence-corrected chi connectivity index (χ2v) is 22.3. The van der Waals surface area contributed by atoms with Crippen molar-refractivity contribution >= 4 is 48.5 Å². The first-order valence-electron chi connectivity index (χ1n) is 30.3. The molecule has 4 aromatic rings. The summed E-state index contributed by atoms with van der Waals surface area (Å²) in [6.07, 6.45) is -0.0894. The third kappa shape index (κ3) is 16.7. The van der Waals surface area contributed by atoms with Crippen molar-refractivity contribution in [3.8, 4) is 46.0 Å². The van der Waals surface area contributed by atoms with Gasteiger partial charge in [-0.2, -0.15) is 19.2 Å². The Morgan fingerprint density at radius 1 is 0.258 bits per heavy atom. The molecule has 0 aromatic heterocycles. The zero-order valence-corrected chi connectivity index (χ0v) is 52.8. The van der Waals surface area contributed by atoms with Crippen LogP contribution in [0.15, 0.2) is 72.8 Å². The van der Waals surface area contributed by atoms with Gasteiger partial charge in [-0.25, -0.2) is 58.3 Å². The summed E-state index contributed by atoms with van der Waals surface area (Å²) in [6.45, 7) is 0. The second kappa shape index (κ2) is 33.0. The van der Waals surface area contributed by atoms with Crippen LogP contribution in [0.4, 0.5) is 19.2 Å². The standard InChI is InChI=1S/C65H76O28/c1-74-45-13-9-14-46(75-2)53(45)57(66)86-90-61(70)82-41-29-21-37(22-30-41)65(38-23-31-42(32-24-38)83-62(71)91-87-58(67)54-47(76-3)15-10-16-48(54)77-4,39-25-33-43(34-26-39)84-63(72)92-88-59(68)55-49(78-5)17-11-18-50(55)79-6)40-27-35-44(36-28-40)85-64(73)93-89-60(69)56-51(80-7)19-12-20-52(56)81-8/h9-20,37-44H,21-36H2,1-8H3. The highest BCUT2D eigenvalue weighted by Gasteiger charge is 2.57. The van der Waals surface area contributed by atoms with Gasteiger partial charge in [0, 0.05) is 0 Å². The number of benzene rings is 4. The van der Waals surface area contributed by atoms with E-state index in [-0.39, 0.29) is 91.9 Å². The fourth-order valence-corrected chi connectivity index (χ4v) is 14.0. The van der Waals surface area contributed by atoms with Crippen molar-refractivity contribution in [1.29, 1.82) is 0 Å². The Morgan fingerprint density at radius 2 is 0.419 bits per heavy atom. The Kier molecular flexibility index (Phi) is 24.5. The molecule has 0 unspecified atom stereocenters. The minimum absolute atomic E-state index is 0.0411. The molecule has 0 spiro atoms. The van der Waals surface area contributed by atoms with Crippen LogP contribution in [0.25, 0.3) is 0 Å². The van der Waals surface area contributed by atoms with E-state index < -0.39 is 78.3 Å². The predicted octanol–water partition coefficient (Wildman–Crippen LogP) is 12.0. The third-order valence-corrected chi connectivity index (χ3v) is 17.8. The molecule has 4 aromatic carbocycles. The molecular formula is C65H76O28. The van der Waals surface area contributed by atoms with Crippen molar-refractivity contribution in [1.82, 2.24) is 0 Å². The molecule has 0 saturated heterocycles. The van der Waals surface area contributed by atoms with Crippen LogP contribution >= 0.6 is 0 Å². The molecule has 93 heavy (non-hydrogen) atoms. The van der Waals surface area contributed by atoms with Gasteiger partial charge in [0.05, 0.1) is 56.9 Å². The van der Waals surface area contributed by atoms with Gasteiger partial charge in [-0.3, -0.25) is 0 Å². The van der Waals surface area contributed by atoms with E-state index in [1.54, 1.807) is 24.3 Å². The SMILES string of the molecule is COc1cccc(OC)c1C(=O)OOC(=O)OC1CCC(C(C2CCC(OC(=O)OOC(=O)c3c(OC)cccc3OC)CC2)(C2CCC(OC(=O)OOC(=O)c3c(OC)cccc3OC)CC2)C2CCC(OC(=O)OOC(=O)c3c(OC)cccc3OC)CC2)CC1. The van der Waals surface area contributed by atoms with Crippen molar-refractivity contribution in [3.63, 3.8) is 0 Å². The van der Waals surface area contributed by atoms with Crippen LogP contribution in [0.2, 0.25) is 0 Å². The van der Waals surface area contributed by atoms with Gasteiger partial charge in [0.1, 0.15) is 92.7 Å². The molecule has 0 bridgehead atoms. The number of hydrogen-bond donors (Lipinski definition) is 0. The van der Waals surface area contributed by atoms with E-state index in [4.69, 9.17) is 95.9 Å². The normalized spacial score (nSPS) is 21.5. The van der Waals surface area contributed by atoms with Gasteiger partial charge in [-0.15, -0.1) is 0 Å². The number of hydrogen-bond acceptors (Lipinski definition) is 28. The fraction of sp³-hybridized carbons (Fsp3) is 0.508. The molecule has 0 aliphatic heterocycles. The molecule has 28 heteroatoms. The molecule has 0 atom stereocenters. The van der Waals surface area contributed by atoms with E-state index in [9.17, 15) is 38.4 Å². The predicted molar refractivity (Wildman–Crippen MR) is 316 cm³/mol. The topological polar surface area (TPSA) is 321 Å². The van der Waals surface area contributed by atoms with Crippen molar-refractivity contribution in [2.24, 2.45) is 29.1 Å². The van der Waals surface area contributed by atoms with Crippen LogP contribution in [-0.4, -0.2) is 130 Å².